The van der Waals surface area contributed by atoms with Crippen molar-refractivity contribution in [1.82, 2.24) is 9.97 Å². The molecule has 0 aliphatic rings. The van der Waals surface area contributed by atoms with Crippen molar-refractivity contribution in [3.05, 3.63) is 47.7 Å². The molecular weight excluding hydrogens is 244 g/mol. The van der Waals surface area contributed by atoms with Crippen LogP contribution in [0.15, 0.2) is 41.7 Å². The molecule has 0 fully saturated rings. The smallest absolute Gasteiger partial charge is 0.189 e. The van der Waals surface area contributed by atoms with E-state index in [0.29, 0.717) is 23.1 Å². The van der Waals surface area contributed by atoms with Gasteiger partial charge in [-0.15, -0.1) is 0 Å². The van der Waals surface area contributed by atoms with Gasteiger partial charge in [0.25, 0.3) is 0 Å². The normalized spacial score (nSPS) is 9.78. The number of nitrogens with zero attached hydrogens (tertiary/aromatic N) is 3. The number of nitriles is 1. The largest absolute Gasteiger partial charge is 0.365 e. The molecule has 0 aliphatic carbocycles. The predicted octanol–water partition coefficient (Wildman–Crippen LogP) is 2.68. The van der Waals surface area contributed by atoms with E-state index in [-0.39, 0.29) is 0 Å². The fourth-order valence-electron chi connectivity index (χ4n) is 1.46. The van der Waals surface area contributed by atoms with Gasteiger partial charge in [-0.1, -0.05) is 42.1 Å². The lowest BCUT2D eigenvalue weighted by Crippen LogP contribution is -2.04. The molecule has 90 valence electrons. The van der Waals surface area contributed by atoms with Crippen molar-refractivity contribution in [2.75, 3.05) is 11.6 Å². The van der Waals surface area contributed by atoms with E-state index in [9.17, 15) is 0 Å². The lowest BCUT2D eigenvalue weighted by atomic mass is 10.2. The highest BCUT2D eigenvalue weighted by molar-refractivity contribution is 7.98. The van der Waals surface area contributed by atoms with Crippen molar-refractivity contribution in [2.24, 2.45) is 0 Å². The molecule has 0 amide bonds. The van der Waals surface area contributed by atoms with Crippen LogP contribution in [-0.4, -0.2) is 16.2 Å². The fourth-order valence-corrected chi connectivity index (χ4v) is 1.80. The zero-order valence-corrected chi connectivity index (χ0v) is 10.7. The maximum Gasteiger partial charge on any atom is 0.189 e. The van der Waals surface area contributed by atoms with Crippen LogP contribution in [0.5, 0.6) is 0 Å². The summed E-state index contributed by atoms with van der Waals surface area (Å²) in [6.45, 7) is 0.639. The molecule has 0 unspecified atom stereocenters. The highest BCUT2D eigenvalue weighted by Crippen LogP contribution is 2.16. The summed E-state index contributed by atoms with van der Waals surface area (Å²) >= 11 is 1.45. The van der Waals surface area contributed by atoms with Gasteiger partial charge in [0.1, 0.15) is 17.5 Å². The second kappa shape index (κ2) is 6.03. The first-order valence-corrected chi connectivity index (χ1v) is 6.65. The quantitative estimate of drug-likeness (QED) is 0.673. The van der Waals surface area contributed by atoms with E-state index in [1.165, 1.54) is 11.8 Å². The van der Waals surface area contributed by atoms with E-state index in [2.05, 4.69) is 21.4 Å². The Morgan fingerprint density at radius 2 is 2.11 bits per heavy atom. The van der Waals surface area contributed by atoms with Gasteiger partial charge in [-0.3, -0.25) is 0 Å². The SMILES string of the molecule is CSc1ncc(C#N)c(NCc2ccccc2)n1. The number of anilines is 1. The third-order valence-corrected chi connectivity index (χ3v) is 2.93. The van der Waals surface area contributed by atoms with Gasteiger partial charge in [-0.25, -0.2) is 9.97 Å². The summed E-state index contributed by atoms with van der Waals surface area (Å²) in [4.78, 5) is 8.37. The molecule has 0 radical (unpaired) electrons. The molecule has 2 rings (SSSR count). The van der Waals surface area contributed by atoms with Gasteiger partial charge in [-0.2, -0.15) is 5.26 Å². The van der Waals surface area contributed by atoms with Crippen molar-refractivity contribution in [3.63, 3.8) is 0 Å². The van der Waals surface area contributed by atoms with Gasteiger partial charge >= 0.3 is 0 Å². The van der Waals surface area contributed by atoms with Crippen LogP contribution in [0.4, 0.5) is 5.82 Å². The second-order valence-corrected chi connectivity index (χ2v) is 4.34. The topological polar surface area (TPSA) is 61.6 Å². The molecule has 0 atom stereocenters. The van der Waals surface area contributed by atoms with E-state index >= 15 is 0 Å². The minimum atomic E-state index is 0.462. The van der Waals surface area contributed by atoms with Gasteiger partial charge in [-0.05, 0) is 11.8 Å². The van der Waals surface area contributed by atoms with E-state index in [1.54, 1.807) is 6.20 Å². The van der Waals surface area contributed by atoms with E-state index in [4.69, 9.17) is 5.26 Å². The van der Waals surface area contributed by atoms with E-state index in [1.807, 2.05) is 36.6 Å². The molecule has 0 bridgehead atoms. The lowest BCUT2D eigenvalue weighted by Gasteiger charge is -2.07. The Bertz CT molecular complexity index is 563. The molecular formula is C13H12N4S. The summed E-state index contributed by atoms with van der Waals surface area (Å²) < 4.78 is 0. The Balaban J connectivity index is 2.15. The van der Waals surface area contributed by atoms with Crippen molar-refractivity contribution in [1.29, 1.82) is 5.26 Å². The summed E-state index contributed by atoms with van der Waals surface area (Å²) in [5, 5.41) is 12.8. The maximum atomic E-state index is 9.00. The molecule has 1 heterocycles. The zero-order valence-electron chi connectivity index (χ0n) is 9.92. The van der Waals surface area contributed by atoms with Gasteiger partial charge in [0, 0.05) is 6.54 Å². The summed E-state index contributed by atoms with van der Waals surface area (Å²) in [5.41, 5.74) is 1.61. The third kappa shape index (κ3) is 2.99. The second-order valence-electron chi connectivity index (χ2n) is 3.57. The number of rotatable bonds is 4. The molecule has 0 saturated carbocycles. The van der Waals surface area contributed by atoms with Crippen molar-refractivity contribution in [2.45, 2.75) is 11.7 Å². The fraction of sp³-hybridized carbons (Fsp3) is 0.154. The summed E-state index contributed by atoms with van der Waals surface area (Å²) in [6, 6.07) is 12.1. The molecule has 0 spiro atoms. The highest BCUT2D eigenvalue weighted by atomic mass is 32.2. The van der Waals surface area contributed by atoms with E-state index < -0.39 is 0 Å². The Morgan fingerprint density at radius 1 is 1.33 bits per heavy atom. The summed E-state index contributed by atoms with van der Waals surface area (Å²) in [5.74, 6) is 0.584. The van der Waals surface area contributed by atoms with E-state index in [0.717, 1.165) is 5.56 Å². The minimum Gasteiger partial charge on any atom is -0.365 e. The molecule has 4 nitrogen and oxygen atoms in total. The molecule has 1 aromatic carbocycles. The average Bonchev–Trinajstić information content (AvgIpc) is 2.45. The first-order chi connectivity index (χ1) is 8.83. The van der Waals surface area contributed by atoms with Crippen LogP contribution in [0.3, 0.4) is 0 Å². The number of aromatic nitrogens is 2. The number of hydrogen-bond donors (Lipinski definition) is 1. The minimum absolute atomic E-state index is 0.462. The van der Waals surface area contributed by atoms with Gasteiger partial charge < -0.3 is 5.32 Å². The summed E-state index contributed by atoms with van der Waals surface area (Å²) in [7, 11) is 0. The molecule has 1 aromatic heterocycles. The van der Waals surface area contributed by atoms with Crippen molar-refractivity contribution < 1.29 is 0 Å². The monoisotopic (exact) mass is 256 g/mol. The molecule has 18 heavy (non-hydrogen) atoms. The Morgan fingerprint density at radius 3 is 2.78 bits per heavy atom. The third-order valence-electron chi connectivity index (χ3n) is 2.37. The Hall–Kier alpha value is -2.06. The predicted molar refractivity (Wildman–Crippen MR) is 72.3 cm³/mol. The van der Waals surface area contributed by atoms with Gasteiger partial charge in [0.05, 0.1) is 6.20 Å². The van der Waals surface area contributed by atoms with Crippen LogP contribution in [0.25, 0.3) is 0 Å². The maximum absolute atomic E-state index is 9.00. The first-order valence-electron chi connectivity index (χ1n) is 5.42. The molecule has 1 N–H and O–H groups in total. The van der Waals surface area contributed by atoms with Crippen LogP contribution in [0.2, 0.25) is 0 Å². The first kappa shape index (κ1) is 12.4. The number of thioether (sulfide) groups is 1. The lowest BCUT2D eigenvalue weighted by molar-refractivity contribution is 0.949. The molecule has 0 saturated heterocycles. The Kier molecular flexibility index (Phi) is 4.15. The van der Waals surface area contributed by atoms with Crippen LogP contribution in [0.1, 0.15) is 11.1 Å². The van der Waals surface area contributed by atoms with Crippen molar-refractivity contribution >= 4 is 17.6 Å². The molecule has 5 heteroatoms. The highest BCUT2D eigenvalue weighted by Gasteiger charge is 2.05. The van der Waals surface area contributed by atoms with Crippen LogP contribution in [-0.2, 0) is 6.54 Å². The zero-order chi connectivity index (χ0) is 12.8. The van der Waals surface area contributed by atoms with Gasteiger partial charge in [0.2, 0.25) is 0 Å². The molecule has 2 aromatic rings. The number of benzene rings is 1. The molecule has 0 aliphatic heterocycles. The average molecular weight is 256 g/mol. The summed E-state index contributed by atoms with van der Waals surface area (Å²) in [6.07, 6.45) is 3.45. The number of hydrogen-bond acceptors (Lipinski definition) is 5. The standard InChI is InChI=1S/C13H12N4S/c1-18-13-16-9-11(7-14)12(17-13)15-8-10-5-3-2-4-6-10/h2-6,9H,8H2,1H3,(H,15,16,17). The van der Waals surface area contributed by atoms with Gasteiger partial charge in [0.15, 0.2) is 5.16 Å². The van der Waals surface area contributed by atoms with Crippen LogP contribution >= 0.6 is 11.8 Å². The number of nitrogens with one attached hydrogen (secondary N) is 1. The van der Waals surface area contributed by atoms with Crippen LogP contribution in [0, 0.1) is 11.3 Å². The Labute approximate surface area is 110 Å². The van der Waals surface area contributed by atoms with Crippen LogP contribution < -0.4 is 5.32 Å². The van der Waals surface area contributed by atoms with Crippen molar-refractivity contribution in [3.8, 4) is 6.07 Å².